The number of nitrogen functional groups attached to an aromatic ring is 1. The van der Waals surface area contributed by atoms with Gasteiger partial charge in [0.05, 0.1) is 0 Å². The fraction of sp³-hybridized carbons (Fsp3) is 0.133. The van der Waals surface area contributed by atoms with Gasteiger partial charge >= 0.3 is 0 Å². The second-order valence-electron chi connectivity index (χ2n) is 4.64. The number of hydrogen-bond donors (Lipinski definition) is 2. The number of hydrogen-bond acceptors (Lipinski definition) is 3. The van der Waals surface area contributed by atoms with E-state index in [-0.39, 0.29) is 5.91 Å². The van der Waals surface area contributed by atoms with Gasteiger partial charge in [-0.2, -0.15) is 0 Å². The highest BCUT2D eigenvalue weighted by Crippen LogP contribution is 2.22. The van der Waals surface area contributed by atoms with Crippen LogP contribution in [-0.2, 0) is 0 Å². The summed E-state index contributed by atoms with van der Waals surface area (Å²) in [6.07, 6.45) is 0. The Labute approximate surface area is 126 Å². The van der Waals surface area contributed by atoms with E-state index in [1.54, 1.807) is 18.2 Å². The number of rotatable bonds is 3. The van der Waals surface area contributed by atoms with Gasteiger partial charge in [-0.05, 0) is 52.3 Å². The number of benzene rings is 2. The van der Waals surface area contributed by atoms with Gasteiger partial charge in [0, 0.05) is 41.2 Å². The van der Waals surface area contributed by atoms with Crippen LogP contribution in [0, 0.1) is 0 Å². The minimum absolute atomic E-state index is 0.165. The van der Waals surface area contributed by atoms with Gasteiger partial charge in [0.1, 0.15) is 0 Å². The lowest BCUT2D eigenvalue weighted by atomic mass is 10.2. The number of carbonyl (C=O) groups is 1. The molecule has 0 atom stereocenters. The number of nitrogens with two attached hydrogens (primary N) is 1. The van der Waals surface area contributed by atoms with E-state index >= 15 is 0 Å². The lowest BCUT2D eigenvalue weighted by Gasteiger charge is -2.14. The van der Waals surface area contributed by atoms with Crippen molar-refractivity contribution in [2.45, 2.75) is 0 Å². The third kappa shape index (κ3) is 3.30. The maximum atomic E-state index is 12.2. The second kappa shape index (κ2) is 5.96. The first-order valence-corrected chi connectivity index (χ1v) is 6.90. The molecule has 0 unspecified atom stereocenters. The summed E-state index contributed by atoms with van der Waals surface area (Å²) in [6.45, 7) is 0. The lowest BCUT2D eigenvalue weighted by molar-refractivity contribution is 0.102. The zero-order chi connectivity index (χ0) is 14.7. The van der Waals surface area contributed by atoms with Crippen molar-refractivity contribution in [3.63, 3.8) is 0 Å². The molecule has 20 heavy (non-hydrogen) atoms. The molecule has 2 aromatic rings. The molecule has 5 heteroatoms. The summed E-state index contributed by atoms with van der Waals surface area (Å²) >= 11 is 3.32. The van der Waals surface area contributed by atoms with E-state index in [0.717, 1.165) is 11.4 Å². The summed E-state index contributed by atoms with van der Waals surface area (Å²) < 4.78 is 0.715. The average molecular weight is 334 g/mol. The number of nitrogens with one attached hydrogen (secondary N) is 1. The fourth-order valence-corrected chi connectivity index (χ4v) is 2.11. The Morgan fingerprint density at radius 3 is 2.60 bits per heavy atom. The first-order valence-electron chi connectivity index (χ1n) is 6.11. The van der Waals surface area contributed by atoms with Crippen molar-refractivity contribution < 1.29 is 4.79 Å². The second-order valence-corrected chi connectivity index (χ2v) is 5.49. The maximum Gasteiger partial charge on any atom is 0.255 e. The van der Waals surface area contributed by atoms with E-state index in [0.29, 0.717) is 15.7 Å². The lowest BCUT2D eigenvalue weighted by Crippen LogP contribution is -2.13. The zero-order valence-electron chi connectivity index (χ0n) is 11.4. The Morgan fingerprint density at radius 2 is 1.95 bits per heavy atom. The van der Waals surface area contributed by atoms with Gasteiger partial charge in [-0.25, -0.2) is 0 Å². The molecule has 104 valence electrons. The number of amides is 1. The van der Waals surface area contributed by atoms with Gasteiger partial charge in [0.15, 0.2) is 0 Å². The van der Waals surface area contributed by atoms with E-state index in [4.69, 9.17) is 5.73 Å². The number of nitrogens with zero attached hydrogens (tertiary/aromatic N) is 1. The standard InChI is InChI=1S/C15H16BrN3O/c1-19(2)12-5-3-4-11(9-12)18-15(20)10-6-7-14(17)13(16)8-10/h3-9H,17H2,1-2H3,(H,18,20). The highest BCUT2D eigenvalue weighted by atomic mass is 79.9. The SMILES string of the molecule is CN(C)c1cccc(NC(=O)c2ccc(N)c(Br)c2)c1. The smallest absolute Gasteiger partial charge is 0.255 e. The summed E-state index contributed by atoms with van der Waals surface area (Å²) in [4.78, 5) is 14.2. The predicted octanol–water partition coefficient (Wildman–Crippen LogP) is 3.35. The van der Waals surface area contributed by atoms with Crippen LogP contribution in [0.15, 0.2) is 46.9 Å². The molecule has 2 aromatic carbocycles. The summed E-state index contributed by atoms with van der Waals surface area (Å²) in [6, 6.07) is 12.8. The van der Waals surface area contributed by atoms with Gasteiger partial charge < -0.3 is 16.0 Å². The van der Waals surface area contributed by atoms with E-state index < -0.39 is 0 Å². The van der Waals surface area contributed by atoms with E-state index in [2.05, 4.69) is 21.2 Å². The molecule has 1 amide bonds. The van der Waals surface area contributed by atoms with Crippen molar-refractivity contribution in [3.8, 4) is 0 Å². The molecule has 0 heterocycles. The zero-order valence-corrected chi connectivity index (χ0v) is 12.9. The molecule has 0 aliphatic rings. The van der Waals surface area contributed by atoms with Crippen LogP contribution in [-0.4, -0.2) is 20.0 Å². The first-order chi connectivity index (χ1) is 9.47. The van der Waals surface area contributed by atoms with Gasteiger partial charge in [-0.1, -0.05) is 6.07 Å². The highest BCUT2D eigenvalue weighted by molar-refractivity contribution is 9.10. The monoisotopic (exact) mass is 333 g/mol. The minimum Gasteiger partial charge on any atom is -0.398 e. The largest absolute Gasteiger partial charge is 0.398 e. The Bertz CT molecular complexity index is 641. The molecule has 0 saturated carbocycles. The Morgan fingerprint density at radius 1 is 1.20 bits per heavy atom. The van der Waals surface area contributed by atoms with Crippen LogP contribution in [0.2, 0.25) is 0 Å². The first kappa shape index (κ1) is 14.4. The molecule has 0 aromatic heterocycles. The molecule has 0 fully saturated rings. The normalized spacial score (nSPS) is 10.2. The van der Waals surface area contributed by atoms with Gasteiger partial charge in [-0.15, -0.1) is 0 Å². The third-order valence-corrected chi connectivity index (χ3v) is 3.57. The van der Waals surface area contributed by atoms with Crippen LogP contribution in [0.1, 0.15) is 10.4 Å². The molecular weight excluding hydrogens is 318 g/mol. The van der Waals surface area contributed by atoms with E-state index in [9.17, 15) is 4.79 Å². The quantitative estimate of drug-likeness (QED) is 0.847. The van der Waals surface area contributed by atoms with Gasteiger partial charge in [-0.3, -0.25) is 4.79 Å². The van der Waals surface area contributed by atoms with Crippen LogP contribution in [0.4, 0.5) is 17.1 Å². The fourth-order valence-electron chi connectivity index (χ4n) is 1.73. The summed E-state index contributed by atoms with van der Waals surface area (Å²) in [7, 11) is 3.91. The van der Waals surface area contributed by atoms with Crippen LogP contribution < -0.4 is 16.0 Å². The van der Waals surface area contributed by atoms with Crippen molar-refractivity contribution in [2.75, 3.05) is 30.0 Å². The predicted molar refractivity (Wildman–Crippen MR) is 87.3 cm³/mol. The molecule has 0 spiro atoms. The molecule has 0 saturated heterocycles. The summed E-state index contributed by atoms with van der Waals surface area (Å²) in [5, 5.41) is 2.87. The molecule has 0 bridgehead atoms. The van der Waals surface area contributed by atoms with Crippen LogP contribution in [0.3, 0.4) is 0 Å². The van der Waals surface area contributed by atoms with E-state index in [1.807, 2.05) is 43.3 Å². The van der Waals surface area contributed by atoms with Gasteiger partial charge in [0.25, 0.3) is 5.91 Å². The van der Waals surface area contributed by atoms with Crippen molar-refractivity contribution in [2.24, 2.45) is 0 Å². The molecule has 4 nitrogen and oxygen atoms in total. The third-order valence-electron chi connectivity index (χ3n) is 2.88. The minimum atomic E-state index is -0.165. The molecular formula is C15H16BrN3O. The summed E-state index contributed by atoms with van der Waals surface area (Å²) in [5.41, 5.74) is 8.66. The van der Waals surface area contributed by atoms with E-state index in [1.165, 1.54) is 0 Å². The molecule has 0 radical (unpaired) electrons. The average Bonchev–Trinajstić information content (AvgIpc) is 2.42. The van der Waals surface area contributed by atoms with Crippen LogP contribution in [0.5, 0.6) is 0 Å². The highest BCUT2D eigenvalue weighted by Gasteiger charge is 2.08. The Kier molecular flexibility index (Phi) is 4.29. The molecule has 3 N–H and O–H groups in total. The van der Waals surface area contributed by atoms with Crippen LogP contribution in [0.25, 0.3) is 0 Å². The topological polar surface area (TPSA) is 58.4 Å². The van der Waals surface area contributed by atoms with Crippen molar-refractivity contribution in [3.05, 3.63) is 52.5 Å². The molecule has 2 rings (SSSR count). The van der Waals surface area contributed by atoms with Crippen LogP contribution >= 0.6 is 15.9 Å². The molecule has 0 aliphatic carbocycles. The van der Waals surface area contributed by atoms with Crippen molar-refractivity contribution in [1.82, 2.24) is 0 Å². The van der Waals surface area contributed by atoms with Crippen molar-refractivity contribution >= 4 is 38.9 Å². The maximum absolute atomic E-state index is 12.2. The number of anilines is 3. The van der Waals surface area contributed by atoms with Gasteiger partial charge in [0.2, 0.25) is 0 Å². The number of carbonyl (C=O) groups excluding carboxylic acids is 1. The molecule has 0 aliphatic heterocycles. The van der Waals surface area contributed by atoms with Crippen molar-refractivity contribution in [1.29, 1.82) is 0 Å². The summed E-state index contributed by atoms with van der Waals surface area (Å²) in [5.74, 6) is -0.165. The Balaban J connectivity index is 2.19. The Hall–Kier alpha value is -2.01. The number of halogens is 1.